The predicted molar refractivity (Wildman–Crippen MR) is 49.2 cm³/mol. The maximum atomic E-state index is 11.3. The smallest absolute Gasteiger partial charge is 0.327 e. The zero-order chi connectivity index (χ0) is 9.54. The van der Waals surface area contributed by atoms with Crippen LogP contribution in [-0.4, -0.2) is 13.2 Å². The standard InChI is InChI=1S/C9H8N2O3/c12-11-9-8-6(13-5-4-10-9)2-1-3-7(8)14-11/h1-3,10H,4-5H2. The Hall–Kier alpha value is -1.91. The van der Waals surface area contributed by atoms with Crippen LogP contribution in [-0.2, 0) is 0 Å². The van der Waals surface area contributed by atoms with E-state index in [0.717, 1.165) is 5.39 Å². The van der Waals surface area contributed by atoms with Crippen LogP contribution in [0.25, 0.3) is 11.0 Å². The molecule has 0 atom stereocenters. The molecule has 0 aliphatic carbocycles. The number of rotatable bonds is 0. The van der Waals surface area contributed by atoms with Gasteiger partial charge in [0.2, 0.25) is 0 Å². The zero-order valence-corrected chi connectivity index (χ0v) is 7.32. The van der Waals surface area contributed by atoms with Gasteiger partial charge < -0.3 is 14.5 Å². The van der Waals surface area contributed by atoms with Crippen LogP contribution in [0.1, 0.15) is 0 Å². The van der Waals surface area contributed by atoms with Crippen LogP contribution in [0.4, 0.5) is 5.82 Å². The fraction of sp³-hybridized carbons (Fsp3) is 0.222. The van der Waals surface area contributed by atoms with Gasteiger partial charge in [-0.3, -0.25) is 5.32 Å². The molecule has 0 saturated heterocycles. The summed E-state index contributed by atoms with van der Waals surface area (Å²) in [6.07, 6.45) is 0. The Kier molecular flexibility index (Phi) is 1.36. The summed E-state index contributed by atoms with van der Waals surface area (Å²) in [5.74, 6) is 1.13. The highest BCUT2D eigenvalue weighted by Gasteiger charge is 2.21. The van der Waals surface area contributed by atoms with Gasteiger partial charge >= 0.3 is 5.82 Å². The second-order valence-electron chi connectivity index (χ2n) is 3.10. The van der Waals surface area contributed by atoms with Crippen LogP contribution in [0.15, 0.2) is 22.7 Å². The van der Waals surface area contributed by atoms with Crippen LogP contribution >= 0.6 is 0 Å². The summed E-state index contributed by atoms with van der Waals surface area (Å²) in [7, 11) is 0. The average Bonchev–Trinajstić information content (AvgIpc) is 2.39. The van der Waals surface area contributed by atoms with Crippen molar-refractivity contribution in [1.82, 2.24) is 0 Å². The van der Waals surface area contributed by atoms with E-state index in [0.29, 0.717) is 35.2 Å². The fourth-order valence-electron chi connectivity index (χ4n) is 1.65. The van der Waals surface area contributed by atoms with Crippen molar-refractivity contribution < 1.29 is 14.2 Å². The fourth-order valence-corrected chi connectivity index (χ4v) is 1.65. The maximum Gasteiger partial charge on any atom is 0.327 e. The highest BCUT2D eigenvalue weighted by Crippen LogP contribution is 2.32. The van der Waals surface area contributed by atoms with Crippen LogP contribution in [0.2, 0.25) is 0 Å². The topological polar surface area (TPSA) is 61.3 Å². The highest BCUT2D eigenvalue weighted by atomic mass is 16.7. The Bertz CT molecular complexity index is 492. The molecule has 0 unspecified atom stereocenters. The molecular weight excluding hydrogens is 184 g/mol. The van der Waals surface area contributed by atoms with E-state index in [2.05, 4.69) is 5.32 Å². The number of anilines is 1. The number of hydrogen-bond acceptors (Lipinski definition) is 4. The van der Waals surface area contributed by atoms with E-state index in [1.165, 1.54) is 0 Å². The van der Waals surface area contributed by atoms with Crippen molar-refractivity contribution in [3.05, 3.63) is 23.4 Å². The van der Waals surface area contributed by atoms with Crippen molar-refractivity contribution in [1.29, 1.82) is 0 Å². The van der Waals surface area contributed by atoms with E-state index in [1.54, 1.807) is 12.1 Å². The van der Waals surface area contributed by atoms with Crippen molar-refractivity contribution in [2.75, 3.05) is 18.5 Å². The van der Waals surface area contributed by atoms with Crippen LogP contribution in [0.3, 0.4) is 0 Å². The van der Waals surface area contributed by atoms with Crippen molar-refractivity contribution in [3.8, 4) is 5.75 Å². The molecule has 5 nitrogen and oxygen atoms in total. The number of ether oxygens (including phenoxy) is 1. The van der Waals surface area contributed by atoms with E-state index in [9.17, 15) is 5.21 Å². The molecule has 5 heteroatoms. The van der Waals surface area contributed by atoms with Crippen molar-refractivity contribution >= 4 is 16.8 Å². The molecule has 0 saturated carbocycles. The number of benzene rings is 1. The van der Waals surface area contributed by atoms with Gasteiger partial charge in [-0.05, 0) is 17.0 Å². The van der Waals surface area contributed by atoms with Crippen LogP contribution in [0.5, 0.6) is 5.75 Å². The molecule has 72 valence electrons. The SMILES string of the molecule is [O-][n+]1oc2cccc3c2c1NCCO3. The molecule has 0 fully saturated rings. The van der Waals surface area contributed by atoms with Gasteiger partial charge in [-0.15, -0.1) is 0 Å². The minimum absolute atomic E-state index is 0.438. The van der Waals surface area contributed by atoms with Gasteiger partial charge in [0.15, 0.2) is 0 Å². The lowest BCUT2D eigenvalue weighted by atomic mass is 10.2. The van der Waals surface area contributed by atoms with Gasteiger partial charge in [-0.1, -0.05) is 6.07 Å². The van der Waals surface area contributed by atoms with Gasteiger partial charge in [-0.2, -0.15) is 0 Å². The molecule has 0 amide bonds. The summed E-state index contributed by atoms with van der Waals surface area (Å²) in [5.41, 5.74) is 0.543. The first-order chi connectivity index (χ1) is 6.86. The highest BCUT2D eigenvalue weighted by molar-refractivity contribution is 5.92. The lowest BCUT2D eigenvalue weighted by Gasteiger charge is -2.01. The summed E-state index contributed by atoms with van der Waals surface area (Å²) in [5, 5.41) is 15.0. The van der Waals surface area contributed by atoms with Crippen LogP contribution in [0, 0.1) is 5.21 Å². The normalized spacial score (nSPS) is 14.6. The first-order valence-electron chi connectivity index (χ1n) is 4.38. The van der Waals surface area contributed by atoms with Gasteiger partial charge in [-0.25, -0.2) is 0 Å². The summed E-state index contributed by atoms with van der Waals surface area (Å²) in [6, 6.07) is 5.37. The molecule has 0 radical (unpaired) electrons. The number of aromatic nitrogens is 1. The van der Waals surface area contributed by atoms with Crippen molar-refractivity contribution in [3.63, 3.8) is 0 Å². The van der Waals surface area contributed by atoms with Gasteiger partial charge in [0.1, 0.15) is 24.3 Å². The number of hydrogen-bond donors (Lipinski definition) is 1. The number of nitrogens with one attached hydrogen (secondary N) is 1. The zero-order valence-electron chi connectivity index (χ0n) is 7.32. The minimum atomic E-state index is 0.438. The monoisotopic (exact) mass is 192 g/mol. The van der Waals surface area contributed by atoms with Gasteiger partial charge in [0, 0.05) is 0 Å². The number of nitrogens with zero attached hydrogens (tertiary/aromatic N) is 1. The predicted octanol–water partition coefficient (Wildman–Crippen LogP) is 0.871. The summed E-state index contributed by atoms with van der Waals surface area (Å²) < 4.78 is 10.4. The molecule has 0 spiro atoms. The molecule has 1 aliphatic heterocycles. The molecule has 14 heavy (non-hydrogen) atoms. The molecule has 3 rings (SSSR count). The Labute approximate surface area is 79.4 Å². The largest absolute Gasteiger partial charge is 0.489 e. The van der Waals surface area contributed by atoms with E-state index in [-0.39, 0.29) is 0 Å². The van der Waals surface area contributed by atoms with Crippen molar-refractivity contribution in [2.24, 2.45) is 0 Å². The lowest BCUT2D eigenvalue weighted by Crippen LogP contribution is -2.27. The molecule has 1 N–H and O–H groups in total. The minimum Gasteiger partial charge on any atom is -0.489 e. The summed E-state index contributed by atoms with van der Waals surface area (Å²) >= 11 is 0. The molecular formula is C9H8N2O3. The Morgan fingerprint density at radius 3 is 3.29 bits per heavy atom. The molecule has 1 aliphatic rings. The van der Waals surface area contributed by atoms with E-state index in [1.807, 2.05) is 6.07 Å². The lowest BCUT2D eigenvalue weighted by molar-refractivity contribution is -0.776. The first kappa shape index (κ1) is 7.49. The van der Waals surface area contributed by atoms with E-state index in [4.69, 9.17) is 9.26 Å². The molecule has 1 aromatic carbocycles. The van der Waals surface area contributed by atoms with E-state index >= 15 is 0 Å². The summed E-state index contributed by atoms with van der Waals surface area (Å²) in [4.78, 5) is 0.489. The van der Waals surface area contributed by atoms with Gasteiger partial charge in [0.25, 0.3) is 0 Å². The van der Waals surface area contributed by atoms with Crippen molar-refractivity contribution in [2.45, 2.75) is 0 Å². The van der Waals surface area contributed by atoms with E-state index < -0.39 is 0 Å². The van der Waals surface area contributed by atoms with Crippen LogP contribution < -0.4 is 15.0 Å². The average molecular weight is 192 g/mol. The molecule has 2 heterocycles. The maximum absolute atomic E-state index is 11.3. The third-order valence-corrected chi connectivity index (χ3v) is 2.24. The van der Waals surface area contributed by atoms with Gasteiger partial charge in [0.05, 0.1) is 5.58 Å². The third-order valence-electron chi connectivity index (χ3n) is 2.24. The second-order valence-corrected chi connectivity index (χ2v) is 3.10. The second kappa shape index (κ2) is 2.54. The Morgan fingerprint density at radius 1 is 1.43 bits per heavy atom. The quantitative estimate of drug-likeness (QED) is 0.629. The Morgan fingerprint density at radius 2 is 2.36 bits per heavy atom. The summed E-state index contributed by atoms with van der Waals surface area (Å²) in [6.45, 7) is 1.15. The molecule has 0 bridgehead atoms. The third kappa shape index (κ3) is 0.863. The first-order valence-corrected chi connectivity index (χ1v) is 4.38. The molecule has 2 aromatic rings. The Balaban J connectivity index is 2.42. The molecule has 1 aromatic heterocycles.